The Morgan fingerprint density at radius 3 is 2.65 bits per heavy atom. The van der Waals surface area contributed by atoms with Gasteiger partial charge in [0.1, 0.15) is 16.4 Å². The molecule has 0 spiro atoms. The Morgan fingerprint density at radius 1 is 1.16 bits per heavy atom. The standard InChI is InChI=1S/C22H19FN2O4S2/c1-2-29-18-8-6-17(7-9-18)24-13-20-21(26)22-19(10-11-30-22)25(31(20,27)28)14-15-4-3-5-16(23)12-15/h3-13,24H,2,14H2,1H3. The minimum atomic E-state index is -4.15. The minimum absolute atomic E-state index is 0.0858. The first kappa shape index (κ1) is 21.1. The van der Waals surface area contributed by atoms with Crippen LogP contribution in [0, 0.1) is 5.82 Å². The third-order valence-electron chi connectivity index (χ3n) is 4.66. The maximum Gasteiger partial charge on any atom is 0.270 e. The van der Waals surface area contributed by atoms with Gasteiger partial charge in [-0.15, -0.1) is 11.3 Å². The van der Waals surface area contributed by atoms with E-state index >= 15 is 0 Å². The summed E-state index contributed by atoms with van der Waals surface area (Å²) in [7, 11) is -4.15. The lowest BCUT2D eigenvalue weighted by molar-refractivity contribution is 0.104. The summed E-state index contributed by atoms with van der Waals surface area (Å²) in [6.45, 7) is 2.33. The lowest BCUT2D eigenvalue weighted by Crippen LogP contribution is -2.38. The van der Waals surface area contributed by atoms with Gasteiger partial charge in [-0.2, -0.15) is 0 Å². The number of hydrogen-bond donors (Lipinski definition) is 1. The molecule has 9 heteroatoms. The molecule has 0 saturated carbocycles. The molecule has 3 aromatic rings. The highest BCUT2D eigenvalue weighted by atomic mass is 32.2. The number of ketones is 1. The fourth-order valence-electron chi connectivity index (χ4n) is 3.22. The molecule has 1 N–H and O–H groups in total. The van der Waals surface area contributed by atoms with E-state index in [0.29, 0.717) is 34.2 Å². The van der Waals surface area contributed by atoms with Gasteiger partial charge < -0.3 is 10.1 Å². The van der Waals surface area contributed by atoms with Gasteiger partial charge in [-0.05, 0) is 60.3 Å². The van der Waals surface area contributed by atoms with Gasteiger partial charge in [0.15, 0.2) is 4.91 Å². The van der Waals surface area contributed by atoms with E-state index in [1.165, 1.54) is 35.7 Å². The topological polar surface area (TPSA) is 75.7 Å². The van der Waals surface area contributed by atoms with E-state index in [2.05, 4.69) is 5.32 Å². The maximum absolute atomic E-state index is 13.6. The smallest absolute Gasteiger partial charge is 0.270 e. The van der Waals surface area contributed by atoms with Crippen LogP contribution in [0.3, 0.4) is 0 Å². The lowest BCUT2D eigenvalue weighted by Gasteiger charge is -2.29. The number of carbonyl (C=O) groups excluding carboxylic acids is 1. The summed E-state index contributed by atoms with van der Waals surface area (Å²) >= 11 is 1.17. The van der Waals surface area contributed by atoms with Crippen LogP contribution in [0.5, 0.6) is 5.75 Å². The fourth-order valence-corrected chi connectivity index (χ4v) is 5.70. The molecule has 6 nitrogen and oxygen atoms in total. The molecule has 1 aliphatic rings. The Hall–Kier alpha value is -3.17. The van der Waals surface area contributed by atoms with Crippen LogP contribution in [-0.4, -0.2) is 20.8 Å². The summed E-state index contributed by atoms with van der Waals surface area (Å²) in [5, 5.41) is 4.55. The molecule has 0 saturated heterocycles. The van der Waals surface area contributed by atoms with Crippen molar-refractivity contribution in [1.29, 1.82) is 0 Å². The summed E-state index contributed by atoms with van der Waals surface area (Å²) in [6.07, 6.45) is 1.20. The van der Waals surface area contributed by atoms with Gasteiger partial charge in [0.05, 0.1) is 18.8 Å². The number of anilines is 2. The molecule has 160 valence electrons. The first-order valence-electron chi connectivity index (χ1n) is 9.49. The Bertz CT molecular complexity index is 1250. The summed E-state index contributed by atoms with van der Waals surface area (Å²) < 4.78 is 46.8. The predicted molar refractivity (Wildman–Crippen MR) is 119 cm³/mol. The lowest BCUT2D eigenvalue weighted by atomic mass is 10.2. The van der Waals surface area contributed by atoms with Gasteiger partial charge in [-0.1, -0.05) is 12.1 Å². The van der Waals surface area contributed by atoms with Crippen LogP contribution in [-0.2, 0) is 16.6 Å². The van der Waals surface area contributed by atoms with Crippen molar-refractivity contribution in [2.45, 2.75) is 13.5 Å². The molecule has 1 aliphatic heterocycles. The average molecular weight is 459 g/mol. The van der Waals surface area contributed by atoms with Crippen LogP contribution in [0.4, 0.5) is 15.8 Å². The Labute approximate surface area is 183 Å². The second-order valence-corrected chi connectivity index (χ2v) is 9.46. The zero-order valence-corrected chi connectivity index (χ0v) is 18.2. The van der Waals surface area contributed by atoms with Crippen molar-refractivity contribution in [3.05, 3.63) is 87.3 Å². The summed E-state index contributed by atoms with van der Waals surface area (Å²) in [6, 6.07) is 14.3. The van der Waals surface area contributed by atoms with E-state index in [-0.39, 0.29) is 11.4 Å². The predicted octanol–water partition coefficient (Wildman–Crippen LogP) is 4.77. The highest BCUT2D eigenvalue weighted by molar-refractivity contribution is 7.97. The molecule has 0 bridgehead atoms. The summed E-state index contributed by atoms with van der Waals surface area (Å²) in [4.78, 5) is 12.9. The van der Waals surface area contributed by atoms with E-state index in [0.717, 1.165) is 4.31 Å². The molecule has 0 amide bonds. The van der Waals surface area contributed by atoms with Crippen molar-refractivity contribution < 1.29 is 22.3 Å². The number of rotatable bonds is 6. The number of hydrogen-bond acceptors (Lipinski definition) is 6. The number of Topliss-reactive ketones (excluding diaryl/α,β-unsaturated/α-hetero) is 1. The Kier molecular flexibility index (Phi) is 5.79. The second-order valence-electron chi connectivity index (χ2n) is 6.72. The zero-order chi connectivity index (χ0) is 22.0. The average Bonchev–Trinajstić information content (AvgIpc) is 3.22. The molecule has 31 heavy (non-hydrogen) atoms. The highest BCUT2D eigenvalue weighted by Gasteiger charge is 2.41. The number of nitrogens with one attached hydrogen (secondary N) is 1. The van der Waals surface area contributed by atoms with Gasteiger partial charge in [0.25, 0.3) is 10.0 Å². The Balaban J connectivity index is 1.68. The van der Waals surface area contributed by atoms with Crippen molar-refractivity contribution in [3.63, 3.8) is 0 Å². The molecule has 2 aromatic carbocycles. The van der Waals surface area contributed by atoms with Crippen LogP contribution < -0.4 is 14.4 Å². The maximum atomic E-state index is 13.6. The molecular weight excluding hydrogens is 439 g/mol. The van der Waals surface area contributed by atoms with Crippen molar-refractivity contribution in [2.24, 2.45) is 0 Å². The largest absolute Gasteiger partial charge is 0.494 e. The van der Waals surface area contributed by atoms with Crippen LogP contribution in [0.1, 0.15) is 22.2 Å². The third kappa shape index (κ3) is 4.19. The summed E-state index contributed by atoms with van der Waals surface area (Å²) in [5.41, 5.74) is 1.39. The van der Waals surface area contributed by atoms with E-state index in [1.807, 2.05) is 6.92 Å². The number of sulfonamides is 1. The molecule has 2 heterocycles. The first-order valence-corrected chi connectivity index (χ1v) is 11.8. The SMILES string of the molecule is CCOc1ccc(NC=C2C(=O)c3sccc3N(Cc3cccc(F)c3)S2(=O)=O)cc1. The van der Waals surface area contributed by atoms with Crippen molar-refractivity contribution >= 4 is 38.5 Å². The number of halogens is 1. The molecule has 0 aliphatic carbocycles. The molecule has 0 fully saturated rings. The molecule has 4 rings (SSSR count). The number of nitrogens with zero attached hydrogens (tertiary/aromatic N) is 1. The van der Waals surface area contributed by atoms with Gasteiger partial charge in [-0.25, -0.2) is 12.8 Å². The van der Waals surface area contributed by atoms with Crippen LogP contribution in [0.2, 0.25) is 0 Å². The number of ether oxygens (including phenoxy) is 1. The van der Waals surface area contributed by atoms with Gasteiger partial charge in [-0.3, -0.25) is 9.10 Å². The van der Waals surface area contributed by atoms with Crippen LogP contribution in [0.25, 0.3) is 0 Å². The van der Waals surface area contributed by atoms with Gasteiger partial charge in [0.2, 0.25) is 5.78 Å². The molecule has 0 radical (unpaired) electrons. The molecule has 1 aromatic heterocycles. The normalized spacial score (nSPS) is 16.3. The van der Waals surface area contributed by atoms with Crippen molar-refractivity contribution in [1.82, 2.24) is 0 Å². The van der Waals surface area contributed by atoms with E-state index in [1.54, 1.807) is 41.8 Å². The van der Waals surface area contributed by atoms with Crippen molar-refractivity contribution in [2.75, 3.05) is 16.2 Å². The zero-order valence-electron chi connectivity index (χ0n) is 16.5. The number of carbonyl (C=O) groups is 1. The van der Waals surface area contributed by atoms with E-state index in [4.69, 9.17) is 4.74 Å². The Morgan fingerprint density at radius 2 is 1.94 bits per heavy atom. The first-order chi connectivity index (χ1) is 14.9. The molecule has 0 atom stereocenters. The second kappa shape index (κ2) is 8.52. The number of thiophene rings is 1. The fraction of sp³-hybridized carbons (Fsp3) is 0.136. The molecular formula is C22H19FN2O4S2. The molecule has 0 unspecified atom stereocenters. The van der Waals surface area contributed by atoms with Gasteiger partial charge in [0, 0.05) is 11.9 Å². The van der Waals surface area contributed by atoms with Gasteiger partial charge >= 0.3 is 0 Å². The number of allylic oxidation sites excluding steroid dienone is 1. The number of fused-ring (bicyclic) bond motifs is 1. The summed E-state index contributed by atoms with van der Waals surface area (Å²) in [5.74, 6) is -0.341. The third-order valence-corrected chi connectivity index (χ3v) is 7.33. The van der Waals surface area contributed by atoms with Crippen LogP contribution >= 0.6 is 11.3 Å². The van der Waals surface area contributed by atoms with Crippen LogP contribution in [0.15, 0.2) is 71.1 Å². The highest BCUT2D eigenvalue weighted by Crippen LogP contribution is 2.39. The van der Waals surface area contributed by atoms with E-state index < -0.39 is 21.6 Å². The quantitative estimate of drug-likeness (QED) is 0.539. The monoisotopic (exact) mass is 458 g/mol. The minimum Gasteiger partial charge on any atom is -0.494 e. The van der Waals surface area contributed by atoms with E-state index in [9.17, 15) is 17.6 Å². The number of benzene rings is 2. The van der Waals surface area contributed by atoms with Crippen molar-refractivity contribution in [3.8, 4) is 5.75 Å².